The van der Waals surface area contributed by atoms with Crippen LogP contribution in [-0.2, 0) is 9.53 Å². The molecule has 0 spiro atoms. The molecule has 2 aromatic rings. The average Bonchev–Trinajstić information content (AvgIpc) is 2.69. The summed E-state index contributed by atoms with van der Waals surface area (Å²) >= 11 is 0. The van der Waals surface area contributed by atoms with Crippen LogP contribution in [-0.4, -0.2) is 60.2 Å². The van der Waals surface area contributed by atoms with E-state index in [-0.39, 0.29) is 11.9 Å². The number of hydrogen-bond acceptors (Lipinski definition) is 6. The molecular weight excluding hydrogens is 354 g/mol. The van der Waals surface area contributed by atoms with E-state index < -0.39 is 0 Å². The Kier molecular flexibility index (Phi) is 7.33. The fraction of sp³-hybridized carbons (Fsp3) is 0.476. The van der Waals surface area contributed by atoms with Crippen LogP contribution in [0.15, 0.2) is 42.6 Å². The second-order valence-corrected chi connectivity index (χ2v) is 7.26. The van der Waals surface area contributed by atoms with Gasteiger partial charge in [-0.2, -0.15) is 0 Å². The first-order chi connectivity index (χ1) is 13.6. The number of aromatic nitrogens is 2. The van der Waals surface area contributed by atoms with Gasteiger partial charge < -0.3 is 15.4 Å². The summed E-state index contributed by atoms with van der Waals surface area (Å²) in [5, 5.41) is 6.22. The molecule has 0 bridgehead atoms. The maximum Gasteiger partial charge on any atom is 0.234 e. The molecule has 1 amide bonds. The van der Waals surface area contributed by atoms with Gasteiger partial charge >= 0.3 is 0 Å². The summed E-state index contributed by atoms with van der Waals surface area (Å²) in [6.07, 6.45) is 3.76. The maximum absolute atomic E-state index is 12.1. The molecule has 150 valence electrons. The molecule has 3 heterocycles. The van der Waals surface area contributed by atoms with Gasteiger partial charge in [0.2, 0.25) is 5.91 Å². The maximum atomic E-state index is 12.1. The number of nitrogens with zero attached hydrogens (tertiary/aromatic N) is 3. The fourth-order valence-corrected chi connectivity index (χ4v) is 3.52. The first-order valence-electron chi connectivity index (χ1n) is 9.79. The Morgan fingerprint density at radius 2 is 2.00 bits per heavy atom. The molecule has 0 unspecified atom stereocenters. The monoisotopic (exact) mass is 383 g/mol. The van der Waals surface area contributed by atoms with Crippen molar-refractivity contribution in [2.24, 2.45) is 0 Å². The number of pyridine rings is 2. The highest BCUT2D eigenvalue weighted by Crippen LogP contribution is 2.27. The number of ether oxygens (including phenoxy) is 1. The first-order valence-corrected chi connectivity index (χ1v) is 9.79. The van der Waals surface area contributed by atoms with Crippen molar-refractivity contribution in [3.8, 4) is 0 Å². The Morgan fingerprint density at radius 3 is 2.71 bits per heavy atom. The lowest BCUT2D eigenvalue weighted by atomic mass is 9.93. The molecule has 1 aliphatic rings. The van der Waals surface area contributed by atoms with Gasteiger partial charge in [-0.05, 0) is 57.1 Å². The van der Waals surface area contributed by atoms with Crippen LogP contribution in [0, 0.1) is 0 Å². The second-order valence-electron chi connectivity index (χ2n) is 7.26. The van der Waals surface area contributed by atoms with E-state index in [4.69, 9.17) is 9.72 Å². The molecule has 1 saturated heterocycles. The molecule has 1 fully saturated rings. The zero-order valence-corrected chi connectivity index (χ0v) is 16.6. The summed E-state index contributed by atoms with van der Waals surface area (Å²) in [6, 6.07) is 11.9. The van der Waals surface area contributed by atoms with Crippen LogP contribution in [0.1, 0.15) is 31.4 Å². The fourth-order valence-electron chi connectivity index (χ4n) is 3.52. The van der Waals surface area contributed by atoms with E-state index in [1.165, 1.54) is 0 Å². The van der Waals surface area contributed by atoms with Crippen LogP contribution in [0.25, 0.3) is 0 Å². The molecule has 3 rings (SSSR count). The van der Waals surface area contributed by atoms with Gasteiger partial charge in [0.05, 0.1) is 13.2 Å². The number of anilines is 2. The summed E-state index contributed by atoms with van der Waals surface area (Å²) in [4.78, 5) is 23.4. The number of likely N-dealkylation sites (tertiary alicyclic amines) is 1. The van der Waals surface area contributed by atoms with Crippen LogP contribution >= 0.6 is 0 Å². The van der Waals surface area contributed by atoms with Gasteiger partial charge in [0.25, 0.3) is 0 Å². The zero-order valence-electron chi connectivity index (χ0n) is 16.6. The quantitative estimate of drug-likeness (QED) is 0.729. The summed E-state index contributed by atoms with van der Waals surface area (Å²) in [5.41, 5.74) is 1.10. The van der Waals surface area contributed by atoms with Crippen molar-refractivity contribution in [2.45, 2.75) is 31.7 Å². The van der Waals surface area contributed by atoms with E-state index in [1.54, 1.807) is 13.3 Å². The molecule has 28 heavy (non-hydrogen) atoms. The van der Waals surface area contributed by atoms with Crippen molar-refractivity contribution in [1.29, 1.82) is 0 Å². The number of carbonyl (C=O) groups is 1. The van der Waals surface area contributed by atoms with Gasteiger partial charge in [-0.1, -0.05) is 12.1 Å². The minimum absolute atomic E-state index is 0.0357. The molecule has 2 N–H and O–H groups in total. The highest BCUT2D eigenvalue weighted by atomic mass is 16.5. The lowest BCUT2D eigenvalue weighted by Gasteiger charge is -2.31. The van der Waals surface area contributed by atoms with Crippen LogP contribution in [0.2, 0.25) is 0 Å². The van der Waals surface area contributed by atoms with Crippen molar-refractivity contribution in [2.75, 3.05) is 38.7 Å². The molecule has 0 aromatic carbocycles. The van der Waals surface area contributed by atoms with Crippen LogP contribution < -0.4 is 10.6 Å². The highest BCUT2D eigenvalue weighted by Gasteiger charge is 2.23. The molecule has 1 atom stereocenters. The number of carbonyl (C=O) groups excluding carboxylic acids is 1. The first kappa shape index (κ1) is 20.2. The van der Waals surface area contributed by atoms with Gasteiger partial charge in [-0.3, -0.25) is 9.69 Å². The average molecular weight is 383 g/mol. The van der Waals surface area contributed by atoms with E-state index >= 15 is 0 Å². The Bertz CT molecular complexity index is 747. The van der Waals surface area contributed by atoms with Gasteiger partial charge in [0, 0.05) is 31.0 Å². The number of nitrogens with one attached hydrogen (secondary N) is 2. The second kappa shape index (κ2) is 10.1. The van der Waals surface area contributed by atoms with Crippen molar-refractivity contribution in [3.05, 3.63) is 48.3 Å². The molecule has 2 aromatic heterocycles. The van der Waals surface area contributed by atoms with E-state index in [9.17, 15) is 4.79 Å². The van der Waals surface area contributed by atoms with Gasteiger partial charge in [-0.15, -0.1) is 0 Å². The highest BCUT2D eigenvalue weighted by molar-refractivity contribution is 5.78. The Morgan fingerprint density at radius 1 is 1.21 bits per heavy atom. The third-order valence-corrected chi connectivity index (χ3v) is 4.89. The standard InChI is InChI=1S/C21H29N5O2/c1-16(15-28-2)23-21(27)14-26-12-9-17(10-13-26)18-6-5-8-20(24-18)25-19-7-3-4-11-22-19/h3-8,11,16-17H,9-10,12-15H2,1-2H3,(H,23,27)(H,22,24,25)/t16-/m1/s1. The normalized spacial score (nSPS) is 16.5. The SMILES string of the molecule is COC[C@@H](C)NC(=O)CN1CCC(c2cccc(Nc3ccccn3)n2)CC1. The van der Waals surface area contributed by atoms with E-state index in [0.29, 0.717) is 19.1 Å². The number of amides is 1. The van der Waals surface area contributed by atoms with Gasteiger partial charge in [0.15, 0.2) is 0 Å². The lowest BCUT2D eigenvalue weighted by Crippen LogP contribution is -2.44. The predicted octanol–water partition coefficient (Wildman–Crippen LogP) is 2.55. The van der Waals surface area contributed by atoms with Crippen LogP contribution in [0.5, 0.6) is 0 Å². The summed E-state index contributed by atoms with van der Waals surface area (Å²) in [7, 11) is 1.64. The minimum atomic E-state index is 0.0357. The molecule has 0 radical (unpaired) electrons. The van der Waals surface area contributed by atoms with E-state index in [0.717, 1.165) is 43.3 Å². The predicted molar refractivity (Wildman–Crippen MR) is 110 cm³/mol. The lowest BCUT2D eigenvalue weighted by molar-refractivity contribution is -0.123. The summed E-state index contributed by atoms with van der Waals surface area (Å²) in [5.74, 6) is 2.07. The molecular formula is C21H29N5O2. The Balaban J connectivity index is 1.49. The largest absolute Gasteiger partial charge is 0.383 e. The van der Waals surface area contributed by atoms with Crippen molar-refractivity contribution >= 4 is 17.5 Å². The van der Waals surface area contributed by atoms with Gasteiger partial charge in [-0.25, -0.2) is 9.97 Å². The number of hydrogen-bond donors (Lipinski definition) is 2. The van der Waals surface area contributed by atoms with E-state index in [2.05, 4.69) is 26.6 Å². The smallest absolute Gasteiger partial charge is 0.234 e. The third kappa shape index (κ3) is 6.00. The molecule has 0 saturated carbocycles. The topological polar surface area (TPSA) is 79.4 Å². The van der Waals surface area contributed by atoms with Gasteiger partial charge in [0.1, 0.15) is 11.6 Å². The van der Waals surface area contributed by atoms with Crippen LogP contribution in [0.4, 0.5) is 11.6 Å². The molecule has 7 nitrogen and oxygen atoms in total. The summed E-state index contributed by atoms with van der Waals surface area (Å²) in [6.45, 7) is 4.72. The zero-order chi connectivity index (χ0) is 19.8. The van der Waals surface area contributed by atoms with Crippen molar-refractivity contribution < 1.29 is 9.53 Å². The van der Waals surface area contributed by atoms with Crippen LogP contribution in [0.3, 0.4) is 0 Å². The van der Waals surface area contributed by atoms with Crippen molar-refractivity contribution in [1.82, 2.24) is 20.2 Å². The third-order valence-electron chi connectivity index (χ3n) is 4.89. The number of methoxy groups -OCH3 is 1. The Labute approximate surface area is 166 Å². The molecule has 1 aliphatic heterocycles. The number of piperidine rings is 1. The number of rotatable bonds is 8. The Hall–Kier alpha value is -2.51. The minimum Gasteiger partial charge on any atom is -0.383 e. The molecule has 7 heteroatoms. The van der Waals surface area contributed by atoms with Crippen molar-refractivity contribution in [3.63, 3.8) is 0 Å². The van der Waals surface area contributed by atoms with E-state index in [1.807, 2.05) is 37.3 Å². The molecule has 0 aliphatic carbocycles. The summed E-state index contributed by atoms with van der Waals surface area (Å²) < 4.78 is 5.06.